The maximum atomic E-state index is 14.4. The minimum absolute atomic E-state index is 0.114. The van der Waals surface area contributed by atoms with Gasteiger partial charge in [0, 0.05) is 44.5 Å². The van der Waals surface area contributed by atoms with Crippen molar-refractivity contribution in [1.29, 1.82) is 0 Å². The molecule has 8 aromatic carbocycles. The molecule has 0 atom stereocenters. The van der Waals surface area contributed by atoms with Crippen LogP contribution < -0.4 is 5.43 Å². The predicted molar refractivity (Wildman–Crippen MR) is 250 cm³/mol. The third-order valence-corrected chi connectivity index (χ3v) is 11.0. The van der Waals surface area contributed by atoms with Gasteiger partial charge in [-0.1, -0.05) is 182 Å². The van der Waals surface area contributed by atoms with Gasteiger partial charge in [-0.15, -0.1) is 0 Å². The zero-order valence-corrected chi connectivity index (χ0v) is 33.6. The summed E-state index contributed by atoms with van der Waals surface area (Å²) in [5, 5.41) is 0.975. The lowest BCUT2D eigenvalue weighted by molar-refractivity contribution is 0.662. The number of fused-ring (bicyclic) bond motifs is 2. The van der Waals surface area contributed by atoms with Gasteiger partial charge in [0.05, 0.1) is 10.8 Å². The molecule has 0 saturated heterocycles. The van der Waals surface area contributed by atoms with Crippen molar-refractivity contribution < 1.29 is 4.42 Å². The van der Waals surface area contributed by atoms with E-state index in [1.165, 1.54) is 0 Å². The van der Waals surface area contributed by atoms with Crippen LogP contribution in [0.2, 0.25) is 0 Å². The SMILES string of the molecule is O=c1c2cccc(-c3cccc(-c4nc(-c5ccccc5)nc(-c5ccccc5)n4)c3)c2oc2c(-c3cccc(-c4nc(-c5ccccc5)nc(-c5ccccc5)n4)c3)cccc12. The van der Waals surface area contributed by atoms with E-state index in [1.807, 2.05) is 206 Å². The summed E-state index contributed by atoms with van der Waals surface area (Å²) in [6.07, 6.45) is 0. The van der Waals surface area contributed by atoms with E-state index in [1.54, 1.807) is 0 Å². The minimum Gasteiger partial charge on any atom is -0.455 e. The third kappa shape index (κ3) is 7.21. The van der Waals surface area contributed by atoms with Gasteiger partial charge >= 0.3 is 0 Å². The highest BCUT2D eigenvalue weighted by Crippen LogP contribution is 2.37. The Balaban J connectivity index is 1.03. The van der Waals surface area contributed by atoms with Crippen molar-refractivity contribution >= 4 is 21.9 Å². The van der Waals surface area contributed by atoms with Gasteiger partial charge in [0.1, 0.15) is 11.2 Å². The molecule has 0 N–H and O–H groups in total. The molecule has 3 aromatic heterocycles. The molecular formula is C55H34N6O2. The smallest absolute Gasteiger partial charge is 0.200 e. The zero-order chi connectivity index (χ0) is 42.1. The molecule has 8 heteroatoms. The molecule has 0 aliphatic heterocycles. The molecule has 0 spiro atoms. The lowest BCUT2D eigenvalue weighted by Gasteiger charge is -2.12. The summed E-state index contributed by atoms with van der Waals surface area (Å²) in [6, 6.07) is 67.0. The van der Waals surface area contributed by atoms with E-state index in [-0.39, 0.29) is 5.43 Å². The van der Waals surface area contributed by atoms with Crippen molar-refractivity contribution in [3.8, 4) is 90.6 Å². The van der Waals surface area contributed by atoms with Gasteiger partial charge in [0.25, 0.3) is 0 Å². The van der Waals surface area contributed by atoms with Crippen LogP contribution in [0.4, 0.5) is 0 Å². The molecule has 0 saturated carbocycles. The molecule has 0 aliphatic carbocycles. The Kier molecular flexibility index (Phi) is 9.48. The van der Waals surface area contributed by atoms with Gasteiger partial charge < -0.3 is 4.42 Å². The quantitative estimate of drug-likeness (QED) is 0.140. The van der Waals surface area contributed by atoms with Crippen molar-refractivity contribution in [2.24, 2.45) is 0 Å². The second-order valence-corrected chi connectivity index (χ2v) is 15.0. The van der Waals surface area contributed by atoms with Gasteiger partial charge in [0.15, 0.2) is 34.9 Å². The first-order valence-electron chi connectivity index (χ1n) is 20.6. The molecule has 11 rings (SSSR count). The number of aromatic nitrogens is 6. The summed E-state index contributed by atoms with van der Waals surface area (Å²) in [5.41, 5.74) is 9.24. The largest absolute Gasteiger partial charge is 0.455 e. The van der Waals surface area contributed by atoms with E-state index in [0.29, 0.717) is 56.9 Å². The second-order valence-electron chi connectivity index (χ2n) is 15.0. The number of rotatable bonds is 8. The van der Waals surface area contributed by atoms with Crippen molar-refractivity contribution in [3.05, 3.63) is 216 Å². The Morgan fingerprint density at radius 1 is 0.270 bits per heavy atom. The lowest BCUT2D eigenvalue weighted by atomic mass is 9.97. The van der Waals surface area contributed by atoms with E-state index in [4.69, 9.17) is 34.3 Å². The highest BCUT2D eigenvalue weighted by Gasteiger charge is 2.19. The maximum absolute atomic E-state index is 14.4. The first-order chi connectivity index (χ1) is 31.1. The number of nitrogens with zero attached hydrogens (tertiary/aromatic N) is 6. The number of hydrogen-bond acceptors (Lipinski definition) is 8. The molecule has 63 heavy (non-hydrogen) atoms. The Hall–Kier alpha value is -8.75. The maximum Gasteiger partial charge on any atom is 0.200 e. The molecule has 296 valence electrons. The Morgan fingerprint density at radius 2 is 0.540 bits per heavy atom. The topological polar surface area (TPSA) is 108 Å². The Morgan fingerprint density at radius 3 is 0.873 bits per heavy atom. The molecule has 0 aliphatic rings. The first-order valence-corrected chi connectivity index (χ1v) is 20.6. The van der Waals surface area contributed by atoms with Crippen LogP contribution >= 0.6 is 0 Å². The third-order valence-electron chi connectivity index (χ3n) is 11.0. The Bertz CT molecular complexity index is 3180. The van der Waals surface area contributed by atoms with Crippen LogP contribution in [0.3, 0.4) is 0 Å². The first kappa shape index (κ1) is 37.3. The van der Waals surface area contributed by atoms with E-state index < -0.39 is 0 Å². The molecule has 0 fully saturated rings. The van der Waals surface area contributed by atoms with Crippen molar-refractivity contribution in [3.63, 3.8) is 0 Å². The second kappa shape index (κ2) is 16.0. The van der Waals surface area contributed by atoms with Crippen LogP contribution in [0.15, 0.2) is 215 Å². The monoisotopic (exact) mass is 810 g/mol. The fourth-order valence-electron chi connectivity index (χ4n) is 7.88. The molecule has 8 nitrogen and oxygen atoms in total. The van der Waals surface area contributed by atoms with Gasteiger partial charge in [0.2, 0.25) is 5.43 Å². The van der Waals surface area contributed by atoms with Gasteiger partial charge in [-0.25, -0.2) is 29.9 Å². The van der Waals surface area contributed by atoms with E-state index >= 15 is 0 Å². The number of benzene rings is 8. The van der Waals surface area contributed by atoms with Crippen molar-refractivity contribution in [2.75, 3.05) is 0 Å². The fourth-order valence-corrected chi connectivity index (χ4v) is 7.88. The van der Waals surface area contributed by atoms with E-state index in [0.717, 1.165) is 55.6 Å². The molecule has 0 bridgehead atoms. The summed E-state index contributed by atoms with van der Waals surface area (Å²) in [4.78, 5) is 44.0. The summed E-state index contributed by atoms with van der Waals surface area (Å²) < 4.78 is 6.91. The zero-order valence-electron chi connectivity index (χ0n) is 33.6. The molecule has 0 unspecified atom stereocenters. The van der Waals surface area contributed by atoms with Crippen molar-refractivity contribution in [1.82, 2.24) is 29.9 Å². The normalized spacial score (nSPS) is 11.2. The minimum atomic E-state index is -0.114. The number of hydrogen-bond donors (Lipinski definition) is 0. The van der Waals surface area contributed by atoms with E-state index in [2.05, 4.69) is 0 Å². The van der Waals surface area contributed by atoms with Crippen LogP contribution in [-0.2, 0) is 0 Å². The summed E-state index contributed by atoms with van der Waals surface area (Å²) in [5.74, 6) is 3.37. The van der Waals surface area contributed by atoms with Crippen LogP contribution in [0.5, 0.6) is 0 Å². The van der Waals surface area contributed by atoms with Crippen molar-refractivity contribution in [2.45, 2.75) is 0 Å². The highest BCUT2D eigenvalue weighted by atomic mass is 16.3. The van der Waals surface area contributed by atoms with Crippen LogP contribution in [0, 0.1) is 0 Å². The average Bonchev–Trinajstić information content (AvgIpc) is 3.37. The van der Waals surface area contributed by atoms with Crippen LogP contribution in [0.25, 0.3) is 113 Å². The standard InChI is InChI=1S/C55H34N6O2/c62-47-45-31-15-29-43(39-25-13-27-41(33-39)54-58-50(35-17-5-1-6-18-35)56-51(59-54)36-19-7-2-8-20-36)48(45)63-49-44(30-16-32-46(47)49)40-26-14-28-42(34-40)55-60-52(37-21-9-3-10-22-37)57-53(61-55)38-23-11-4-12-24-38/h1-34H. The molecule has 11 aromatic rings. The van der Waals surface area contributed by atoms with Gasteiger partial charge in [-0.05, 0) is 35.4 Å². The highest BCUT2D eigenvalue weighted by molar-refractivity contribution is 6.02. The van der Waals surface area contributed by atoms with Gasteiger partial charge in [-0.3, -0.25) is 4.79 Å². The lowest BCUT2D eigenvalue weighted by Crippen LogP contribution is -2.03. The molecular weight excluding hydrogens is 777 g/mol. The summed E-state index contributed by atoms with van der Waals surface area (Å²) in [7, 11) is 0. The van der Waals surface area contributed by atoms with E-state index in [9.17, 15) is 4.79 Å². The average molecular weight is 811 g/mol. The fraction of sp³-hybridized carbons (Fsp3) is 0. The number of para-hydroxylation sites is 2. The molecule has 0 amide bonds. The Labute approximate surface area is 362 Å². The van der Waals surface area contributed by atoms with Gasteiger partial charge in [-0.2, -0.15) is 0 Å². The van der Waals surface area contributed by atoms with Crippen LogP contribution in [0.1, 0.15) is 0 Å². The summed E-state index contributed by atoms with van der Waals surface area (Å²) >= 11 is 0. The molecule has 0 radical (unpaired) electrons. The van der Waals surface area contributed by atoms with Crippen LogP contribution in [-0.4, -0.2) is 29.9 Å². The molecule has 3 heterocycles. The summed E-state index contributed by atoms with van der Waals surface area (Å²) in [6.45, 7) is 0. The predicted octanol–water partition coefficient (Wildman–Crippen LogP) is 12.7.